The van der Waals surface area contributed by atoms with Gasteiger partial charge in [0.15, 0.2) is 0 Å². The fourth-order valence-corrected chi connectivity index (χ4v) is 2.76. The number of amides is 1. The first-order valence-electron chi connectivity index (χ1n) is 6.49. The van der Waals surface area contributed by atoms with E-state index >= 15 is 0 Å². The van der Waals surface area contributed by atoms with Gasteiger partial charge in [0, 0.05) is 10.7 Å². The second-order valence-corrected chi connectivity index (χ2v) is 5.70. The summed E-state index contributed by atoms with van der Waals surface area (Å²) in [5, 5.41) is 9.55. The van der Waals surface area contributed by atoms with Gasteiger partial charge in [-0.15, -0.1) is 0 Å². The van der Waals surface area contributed by atoms with E-state index in [0.717, 1.165) is 10.0 Å². The van der Waals surface area contributed by atoms with E-state index < -0.39 is 6.09 Å². The van der Waals surface area contributed by atoms with E-state index in [-0.39, 0.29) is 6.04 Å². The van der Waals surface area contributed by atoms with Crippen LogP contribution in [0.1, 0.15) is 5.56 Å². The molecule has 1 aliphatic heterocycles. The molecule has 0 unspecified atom stereocenters. The fraction of sp³-hybridized carbons (Fsp3) is 0.200. The van der Waals surface area contributed by atoms with Crippen LogP contribution < -0.4 is 9.64 Å². The molecule has 0 aliphatic carbocycles. The van der Waals surface area contributed by atoms with Gasteiger partial charge in [-0.2, -0.15) is 0 Å². The van der Waals surface area contributed by atoms with Gasteiger partial charge in [-0.25, -0.2) is 9.78 Å². The number of pyridine rings is 1. The molecule has 0 saturated carbocycles. The Hall–Kier alpha value is -2.08. The van der Waals surface area contributed by atoms with Crippen LogP contribution in [0, 0.1) is 0 Å². The van der Waals surface area contributed by atoms with Crippen molar-refractivity contribution < 1.29 is 14.6 Å². The van der Waals surface area contributed by atoms with Crippen LogP contribution in [0.3, 0.4) is 0 Å². The van der Waals surface area contributed by atoms with Gasteiger partial charge in [-0.1, -0.05) is 30.3 Å². The summed E-state index contributed by atoms with van der Waals surface area (Å²) < 4.78 is 6.33. The molecule has 6 heteroatoms. The molecule has 1 aromatic carbocycles. The Labute approximate surface area is 130 Å². The number of carbonyl (C=O) groups is 1. The van der Waals surface area contributed by atoms with Crippen molar-refractivity contribution in [3.05, 3.63) is 52.6 Å². The van der Waals surface area contributed by atoms with Crippen molar-refractivity contribution >= 4 is 27.7 Å². The zero-order chi connectivity index (χ0) is 14.8. The van der Waals surface area contributed by atoms with Crippen LogP contribution in [0.15, 0.2) is 47.1 Å². The lowest BCUT2D eigenvalue weighted by Crippen LogP contribution is -2.47. The van der Waals surface area contributed by atoms with Gasteiger partial charge >= 0.3 is 6.09 Å². The number of hydrogen-bond acceptors (Lipinski definition) is 3. The Kier molecular flexibility index (Phi) is 3.79. The normalized spacial score (nSPS) is 17.0. The summed E-state index contributed by atoms with van der Waals surface area (Å²) >= 11 is 3.32. The van der Waals surface area contributed by atoms with E-state index in [1.54, 1.807) is 12.3 Å². The SMILES string of the molecule is O=C(O)N1c2cc(Br)cnc2OC[C@@H]1Cc1ccccc1. The minimum Gasteiger partial charge on any atom is -0.474 e. The quantitative estimate of drug-likeness (QED) is 0.903. The molecule has 21 heavy (non-hydrogen) atoms. The Morgan fingerprint density at radius 1 is 1.43 bits per heavy atom. The second kappa shape index (κ2) is 5.73. The number of anilines is 1. The predicted molar refractivity (Wildman–Crippen MR) is 81.9 cm³/mol. The summed E-state index contributed by atoms with van der Waals surface area (Å²) in [5.74, 6) is 0.352. The number of aromatic nitrogens is 1. The maximum Gasteiger partial charge on any atom is 0.412 e. The van der Waals surface area contributed by atoms with Gasteiger partial charge in [0.2, 0.25) is 5.88 Å². The van der Waals surface area contributed by atoms with Crippen molar-refractivity contribution in [1.82, 2.24) is 4.98 Å². The summed E-state index contributed by atoms with van der Waals surface area (Å²) in [4.78, 5) is 17.1. The van der Waals surface area contributed by atoms with Crippen molar-refractivity contribution in [3.8, 4) is 5.88 Å². The third kappa shape index (κ3) is 2.85. The number of carboxylic acid groups (broad SMARTS) is 1. The highest BCUT2D eigenvalue weighted by molar-refractivity contribution is 9.10. The van der Waals surface area contributed by atoms with Crippen LogP contribution in [0.2, 0.25) is 0 Å². The standard InChI is InChI=1S/C15H13BrN2O3/c16-11-7-13-14(17-8-11)21-9-12(18(13)15(19)20)6-10-4-2-1-3-5-10/h1-5,7-8,12H,6,9H2,(H,19,20)/t12-/m0/s1. The smallest absolute Gasteiger partial charge is 0.412 e. The molecule has 3 rings (SSSR count). The van der Waals surface area contributed by atoms with Crippen LogP contribution in [0.25, 0.3) is 0 Å². The highest BCUT2D eigenvalue weighted by Gasteiger charge is 2.33. The molecule has 108 valence electrons. The summed E-state index contributed by atoms with van der Waals surface area (Å²) in [6, 6.07) is 11.2. The molecule has 2 aromatic rings. The topological polar surface area (TPSA) is 62.7 Å². The van der Waals surface area contributed by atoms with Crippen molar-refractivity contribution in [1.29, 1.82) is 0 Å². The van der Waals surface area contributed by atoms with Crippen molar-refractivity contribution in [2.75, 3.05) is 11.5 Å². The molecule has 0 bridgehead atoms. The van der Waals surface area contributed by atoms with Gasteiger partial charge in [-0.05, 0) is 34.0 Å². The van der Waals surface area contributed by atoms with Gasteiger partial charge < -0.3 is 9.84 Å². The number of rotatable bonds is 2. The van der Waals surface area contributed by atoms with Gasteiger partial charge in [0.25, 0.3) is 0 Å². The molecule has 5 nitrogen and oxygen atoms in total. The summed E-state index contributed by atoms with van der Waals surface area (Å²) in [6.45, 7) is 0.294. The molecular formula is C15H13BrN2O3. The second-order valence-electron chi connectivity index (χ2n) is 4.78. The lowest BCUT2D eigenvalue weighted by Gasteiger charge is -2.34. The largest absolute Gasteiger partial charge is 0.474 e. The molecule has 1 N–H and O–H groups in total. The first-order chi connectivity index (χ1) is 10.1. The zero-order valence-corrected chi connectivity index (χ0v) is 12.7. The zero-order valence-electron chi connectivity index (χ0n) is 11.1. The van der Waals surface area contributed by atoms with Crippen LogP contribution in [0.5, 0.6) is 5.88 Å². The Bertz CT molecular complexity index is 663. The fourth-order valence-electron chi connectivity index (χ4n) is 2.44. The number of halogens is 1. The highest BCUT2D eigenvalue weighted by Crippen LogP contribution is 2.34. The Balaban J connectivity index is 1.94. The Morgan fingerprint density at radius 3 is 2.90 bits per heavy atom. The summed E-state index contributed by atoms with van der Waals surface area (Å²) in [6.07, 6.45) is 1.19. The summed E-state index contributed by atoms with van der Waals surface area (Å²) in [5.41, 5.74) is 1.55. The molecule has 1 aliphatic rings. The van der Waals surface area contributed by atoms with Gasteiger partial charge in [0.1, 0.15) is 12.3 Å². The number of nitrogens with zero attached hydrogens (tertiary/aromatic N) is 2. The number of benzene rings is 1. The first kappa shape index (κ1) is 13.9. The van der Waals surface area contributed by atoms with E-state index in [0.29, 0.717) is 24.6 Å². The van der Waals surface area contributed by atoms with Crippen LogP contribution in [-0.4, -0.2) is 28.8 Å². The summed E-state index contributed by atoms with van der Waals surface area (Å²) in [7, 11) is 0. The van der Waals surface area contributed by atoms with Crippen LogP contribution in [-0.2, 0) is 6.42 Å². The minimum atomic E-state index is -1.000. The number of fused-ring (bicyclic) bond motifs is 1. The lowest BCUT2D eigenvalue weighted by atomic mass is 10.0. The van der Waals surface area contributed by atoms with E-state index in [2.05, 4.69) is 20.9 Å². The molecule has 0 fully saturated rings. The van der Waals surface area contributed by atoms with Crippen molar-refractivity contribution in [2.45, 2.75) is 12.5 Å². The maximum atomic E-state index is 11.7. The highest BCUT2D eigenvalue weighted by atomic mass is 79.9. The first-order valence-corrected chi connectivity index (χ1v) is 7.29. The maximum absolute atomic E-state index is 11.7. The van der Waals surface area contributed by atoms with Crippen molar-refractivity contribution in [3.63, 3.8) is 0 Å². The van der Waals surface area contributed by atoms with Crippen LogP contribution >= 0.6 is 15.9 Å². The number of ether oxygens (including phenoxy) is 1. The monoisotopic (exact) mass is 348 g/mol. The lowest BCUT2D eigenvalue weighted by molar-refractivity contribution is 0.186. The molecule has 1 aromatic heterocycles. The van der Waals surface area contributed by atoms with Crippen molar-refractivity contribution in [2.24, 2.45) is 0 Å². The molecule has 0 saturated heterocycles. The Morgan fingerprint density at radius 2 is 2.19 bits per heavy atom. The van der Waals surface area contributed by atoms with E-state index in [4.69, 9.17) is 4.74 Å². The van der Waals surface area contributed by atoms with E-state index in [1.807, 2.05) is 30.3 Å². The predicted octanol–water partition coefficient (Wildman–Crippen LogP) is 3.33. The number of hydrogen-bond donors (Lipinski definition) is 1. The van der Waals surface area contributed by atoms with E-state index in [9.17, 15) is 9.90 Å². The molecular weight excluding hydrogens is 336 g/mol. The van der Waals surface area contributed by atoms with E-state index in [1.165, 1.54) is 4.90 Å². The molecule has 1 atom stereocenters. The average Bonchev–Trinajstić information content (AvgIpc) is 2.47. The molecule has 0 spiro atoms. The molecule has 2 heterocycles. The molecule has 1 amide bonds. The third-order valence-electron chi connectivity index (χ3n) is 3.36. The molecule has 0 radical (unpaired) electrons. The van der Waals surface area contributed by atoms with Gasteiger partial charge in [0.05, 0.1) is 6.04 Å². The minimum absolute atomic E-state index is 0.270. The van der Waals surface area contributed by atoms with Crippen LogP contribution in [0.4, 0.5) is 10.5 Å². The van der Waals surface area contributed by atoms with Gasteiger partial charge in [-0.3, -0.25) is 4.90 Å². The third-order valence-corrected chi connectivity index (χ3v) is 3.79. The average molecular weight is 349 g/mol.